The van der Waals surface area contributed by atoms with Crippen molar-refractivity contribution in [3.8, 4) is 0 Å². The minimum atomic E-state index is 0.693. The Hall–Kier alpha value is -2.40. The summed E-state index contributed by atoms with van der Waals surface area (Å²) in [6.45, 7) is 4.87. The Kier molecular flexibility index (Phi) is 5.11. The zero-order chi connectivity index (χ0) is 16.9. The molecule has 1 aromatic heterocycles. The second-order valence-corrected chi connectivity index (χ2v) is 6.23. The minimum Gasteiger partial charge on any atom is -0.339 e. The number of hydrogen-bond donors (Lipinski definition) is 1. The van der Waals surface area contributed by atoms with Gasteiger partial charge in [-0.25, -0.2) is 4.98 Å². The highest BCUT2D eigenvalue weighted by Gasteiger charge is 2.12. The van der Waals surface area contributed by atoms with Gasteiger partial charge < -0.3 is 10.2 Å². The topological polar surface area (TPSA) is 41.1 Å². The van der Waals surface area contributed by atoms with E-state index in [2.05, 4.69) is 50.2 Å². The van der Waals surface area contributed by atoms with Gasteiger partial charge in [0.15, 0.2) is 0 Å². The van der Waals surface area contributed by atoms with Crippen LogP contribution in [0.4, 0.5) is 23.1 Å². The van der Waals surface area contributed by atoms with E-state index in [1.54, 1.807) is 0 Å². The first kappa shape index (κ1) is 16.5. The van der Waals surface area contributed by atoms with Crippen LogP contribution in [-0.2, 0) is 0 Å². The number of rotatable bonds is 5. The number of hydrogen-bond acceptors (Lipinski definition) is 4. The molecule has 0 amide bonds. The van der Waals surface area contributed by atoms with Gasteiger partial charge in [-0.2, -0.15) is 4.98 Å². The fraction of sp³-hybridized carbons (Fsp3) is 0.158. The Labute approximate surface area is 150 Å². The molecule has 3 aromatic rings. The van der Waals surface area contributed by atoms with Crippen LogP contribution in [0.15, 0.2) is 65.1 Å². The van der Waals surface area contributed by atoms with Crippen molar-refractivity contribution in [3.05, 3.63) is 70.8 Å². The number of halogens is 1. The summed E-state index contributed by atoms with van der Waals surface area (Å²) in [5, 5.41) is 3.36. The average Bonchev–Trinajstić information content (AvgIpc) is 2.58. The van der Waals surface area contributed by atoms with Crippen LogP contribution in [0.2, 0.25) is 0 Å². The lowest BCUT2D eigenvalue weighted by Gasteiger charge is -2.22. The minimum absolute atomic E-state index is 0.693. The highest BCUT2D eigenvalue weighted by atomic mass is 79.9. The van der Waals surface area contributed by atoms with Crippen molar-refractivity contribution in [1.29, 1.82) is 0 Å². The Morgan fingerprint density at radius 1 is 1.00 bits per heavy atom. The first-order valence-corrected chi connectivity index (χ1v) is 8.66. The Morgan fingerprint density at radius 3 is 2.42 bits per heavy atom. The number of aryl methyl sites for hydroxylation is 1. The molecule has 24 heavy (non-hydrogen) atoms. The Bertz CT molecular complexity index is 821. The molecule has 4 nitrogen and oxygen atoms in total. The van der Waals surface area contributed by atoms with E-state index in [0.717, 1.165) is 33.9 Å². The van der Waals surface area contributed by atoms with E-state index in [0.29, 0.717) is 5.95 Å². The van der Waals surface area contributed by atoms with Crippen molar-refractivity contribution in [2.75, 3.05) is 16.8 Å². The van der Waals surface area contributed by atoms with Crippen molar-refractivity contribution < 1.29 is 0 Å². The molecular formula is C19H19BrN4. The summed E-state index contributed by atoms with van der Waals surface area (Å²) in [7, 11) is 0. The molecule has 0 unspecified atom stereocenters. The summed E-state index contributed by atoms with van der Waals surface area (Å²) in [6, 6.07) is 20.1. The normalized spacial score (nSPS) is 10.5. The number of anilines is 4. The monoisotopic (exact) mass is 382 g/mol. The average molecular weight is 383 g/mol. The molecule has 0 saturated heterocycles. The lowest BCUT2D eigenvalue weighted by Crippen LogP contribution is -2.19. The molecular weight excluding hydrogens is 364 g/mol. The quantitative estimate of drug-likeness (QED) is 0.636. The lowest BCUT2D eigenvalue weighted by atomic mass is 10.3. The van der Waals surface area contributed by atoms with Gasteiger partial charge in [-0.05, 0) is 54.0 Å². The fourth-order valence-corrected chi connectivity index (χ4v) is 2.87. The number of nitrogens with zero attached hydrogens (tertiary/aromatic N) is 3. The van der Waals surface area contributed by atoms with E-state index in [1.807, 2.05) is 55.5 Å². The van der Waals surface area contributed by atoms with Crippen molar-refractivity contribution in [2.45, 2.75) is 13.8 Å². The van der Waals surface area contributed by atoms with Gasteiger partial charge in [-0.15, -0.1) is 0 Å². The zero-order valence-electron chi connectivity index (χ0n) is 13.7. The van der Waals surface area contributed by atoms with E-state index in [1.165, 1.54) is 0 Å². The van der Waals surface area contributed by atoms with Crippen LogP contribution in [0.5, 0.6) is 0 Å². The van der Waals surface area contributed by atoms with Crippen LogP contribution in [0.3, 0.4) is 0 Å². The molecule has 0 aliphatic carbocycles. The van der Waals surface area contributed by atoms with Gasteiger partial charge in [0, 0.05) is 28.5 Å². The van der Waals surface area contributed by atoms with Crippen molar-refractivity contribution in [1.82, 2.24) is 9.97 Å². The molecule has 0 aliphatic rings. The summed E-state index contributed by atoms with van der Waals surface area (Å²) >= 11 is 3.55. The predicted molar refractivity (Wildman–Crippen MR) is 103 cm³/mol. The van der Waals surface area contributed by atoms with E-state index in [9.17, 15) is 0 Å². The second kappa shape index (κ2) is 7.45. The van der Waals surface area contributed by atoms with E-state index >= 15 is 0 Å². The second-order valence-electron chi connectivity index (χ2n) is 5.38. The third kappa shape index (κ3) is 3.74. The maximum Gasteiger partial charge on any atom is 0.232 e. The van der Waals surface area contributed by atoms with E-state index in [-0.39, 0.29) is 0 Å². The molecule has 0 saturated carbocycles. The third-order valence-corrected chi connectivity index (χ3v) is 4.30. The maximum absolute atomic E-state index is 4.70. The van der Waals surface area contributed by atoms with Crippen molar-refractivity contribution in [3.63, 3.8) is 0 Å². The number of benzene rings is 2. The van der Waals surface area contributed by atoms with Gasteiger partial charge in [-0.3, -0.25) is 0 Å². The van der Waals surface area contributed by atoms with Crippen molar-refractivity contribution in [2.24, 2.45) is 0 Å². The number of aromatic nitrogens is 2. The molecule has 0 bridgehead atoms. The molecule has 0 aliphatic heterocycles. The maximum atomic E-state index is 4.70. The zero-order valence-corrected chi connectivity index (χ0v) is 15.3. The molecule has 0 spiro atoms. The van der Waals surface area contributed by atoms with Crippen LogP contribution in [-0.4, -0.2) is 16.5 Å². The molecule has 1 N–H and O–H groups in total. The first-order chi connectivity index (χ1) is 11.7. The summed E-state index contributed by atoms with van der Waals surface area (Å²) in [5.41, 5.74) is 2.98. The van der Waals surface area contributed by atoms with Gasteiger partial charge >= 0.3 is 0 Å². The number of para-hydroxylation sites is 2. The van der Waals surface area contributed by atoms with Gasteiger partial charge in [0.05, 0.1) is 5.69 Å². The summed E-state index contributed by atoms with van der Waals surface area (Å²) < 4.78 is 0.998. The summed E-state index contributed by atoms with van der Waals surface area (Å²) in [6.07, 6.45) is 0. The molecule has 2 aromatic carbocycles. The Balaban J connectivity index is 1.95. The lowest BCUT2D eigenvalue weighted by molar-refractivity contribution is 0.936. The van der Waals surface area contributed by atoms with Crippen LogP contribution < -0.4 is 10.2 Å². The van der Waals surface area contributed by atoms with Gasteiger partial charge in [-0.1, -0.05) is 30.3 Å². The molecule has 5 heteroatoms. The highest BCUT2D eigenvalue weighted by molar-refractivity contribution is 9.10. The van der Waals surface area contributed by atoms with Crippen LogP contribution >= 0.6 is 15.9 Å². The van der Waals surface area contributed by atoms with Crippen LogP contribution in [0, 0.1) is 6.92 Å². The SMILES string of the molecule is CCN(c1ccccc1)c1nc(C)cc(Nc2ccccc2Br)n1. The molecule has 3 rings (SSSR count). The van der Waals surface area contributed by atoms with Crippen LogP contribution in [0.1, 0.15) is 12.6 Å². The number of nitrogens with one attached hydrogen (secondary N) is 1. The summed E-state index contributed by atoms with van der Waals surface area (Å²) in [5.74, 6) is 1.47. The molecule has 0 radical (unpaired) electrons. The predicted octanol–water partition coefficient (Wildman–Crippen LogP) is 5.45. The van der Waals surface area contributed by atoms with E-state index < -0.39 is 0 Å². The van der Waals surface area contributed by atoms with Gasteiger partial charge in [0.2, 0.25) is 5.95 Å². The largest absolute Gasteiger partial charge is 0.339 e. The smallest absolute Gasteiger partial charge is 0.232 e. The third-order valence-electron chi connectivity index (χ3n) is 3.60. The van der Waals surface area contributed by atoms with Crippen molar-refractivity contribution >= 4 is 39.1 Å². The molecule has 122 valence electrons. The van der Waals surface area contributed by atoms with Crippen LogP contribution in [0.25, 0.3) is 0 Å². The molecule has 1 heterocycles. The van der Waals surface area contributed by atoms with Gasteiger partial charge in [0.25, 0.3) is 0 Å². The van der Waals surface area contributed by atoms with E-state index in [4.69, 9.17) is 4.98 Å². The summed E-state index contributed by atoms with van der Waals surface area (Å²) in [4.78, 5) is 11.4. The first-order valence-electron chi connectivity index (χ1n) is 7.87. The Morgan fingerprint density at radius 2 is 1.71 bits per heavy atom. The standard InChI is InChI=1S/C19H19BrN4/c1-3-24(15-9-5-4-6-10-15)19-21-14(2)13-18(23-19)22-17-12-8-7-11-16(17)20/h4-13H,3H2,1-2H3,(H,21,22,23). The highest BCUT2D eigenvalue weighted by Crippen LogP contribution is 2.27. The molecule has 0 fully saturated rings. The molecule has 0 atom stereocenters. The van der Waals surface area contributed by atoms with Gasteiger partial charge in [0.1, 0.15) is 5.82 Å². The fourth-order valence-electron chi connectivity index (χ4n) is 2.49.